The minimum atomic E-state index is 0.0572. The van der Waals surface area contributed by atoms with Crippen molar-refractivity contribution in [2.24, 2.45) is 0 Å². The molecular formula is C41H30O. The van der Waals surface area contributed by atoms with Gasteiger partial charge in [-0.25, -0.2) is 0 Å². The van der Waals surface area contributed by atoms with E-state index in [1.165, 1.54) is 66.1 Å². The molecule has 0 radical (unpaired) electrons. The zero-order chi connectivity index (χ0) is 28.0. The van der Waals surface area contributed by atoms with Crippen LogP contribution in [0.3, 0.4) is 0 Å². The SMILES string of the molecule is CC1(C)C2=C(C=CCC2)c2ccc(-c3ccc4c5c(cccc35)Oc3cc(-c5cccc6ccccc56)ccc3-4)cc21. The number of benzene rings is 6. The fourth-order valence-corrected chi connectivity index (χ4v) is 7.72. The Morgan fingerprint density at radius 2 is 1.31 bits per heavy atom. The second kappa shape index (κ2) is 8.57. The van der Waals surface area contributed by atoms with Crippen LogP contribution in [-0.4, -0.2) is 0 Å². The number of allylic oxidation sites excluding steroid dienone is 4. The van der Waals surface area contributed by atoms with Crippen LogP contribution < -0.4 is 4.74 Å². The van der Waals surface area contributed by atoms with Crippen molar-refractivity contribution in [2.45, 2.75) is 32.1 Å². The second-order valence-electron chi connectivity index (χ2n) is 12.4. The van der Waals surface area contributed by atoms with Crippen LogP contribution in [0.1, 0.15) is 37.8 Å². The monoisotopic (exact) mass is 538 g/mol. The summed E-state index contributed by atoms with van der Waals surface area (Å²) in [4.78, 5) is 0. The molecule has 0 aromatic heterocycles. The van der Waals surface area contributed by atoms with E-state index in [4.69, 9.17) is 4.74 Å². The lowest BCUT2D eigenvalue weighted by atomic mass is 9.78. The van der Waals surface area contributed by atoms with Crippen LogP contribution in [0.15, 0.2) is 127 Å². The van der Waals surface area contributed by atoms with Gasteiger partial charge in [-0.1, -0.05) is 117 Å². The molecule has 0 N–H and O–H groups in total. The van der Waals surface area contributed by atoms with Crippen molar-refractivity contribution in [3.8, 4) is 44.9 Å². The molecule has 2 aliphatic carbocycles. The molecule has 9 rings (SSSR count). The summed E-state index contributed by atoms with van der Waals surface area (Å²) in [7, 11) is 0. The van der Waals surface area contributed by atoms with Gasteiger partial charge in [0, 0.05) is 16.4 Å². The maximum Gasteiger partial charge on any atom is 0.135 e. The van der Waals surface area contributed by atoms with Crippen LogP contribution in [0, 0.1) is 0 Å². The van der Waals surface area contributed by atoms with Gasteiger partial charge in [-0.3, -0.25) is 0 Å². The largest absolute Gasteiger partial charge is 0.456 e. The van der Waals surface area contributed by atoms with E-state index in [-0.39, 0.29) is 5.41 Å². The van der Waals surface area contributed by atoms with E-state index in [1.807, 2.05) is 0 Å². The molecule has 3 aliphatic rings. The van der Waals surface area contributed by atoms with Crippen molar-refractivity contribution >= 4 is 27.1 Å². The Morgan fingerprint density at radius 1 is 0.595 bits per heavy atom. The van der Waals surface area contributed by atoms with Gasteiger partial charge in [-0.05, 0) is 97.8 Å². The lowest BCUT2D eigenvalue weighted by Crippen LogP contribution is -2.17. The topological polar surface area (TPSA) is 9.23 Å². The highest BCUT2D eigenvalue weighted by atomic mass is 16.5. The van der Waals surface area contributed by atoms with Crippen LogP contribution in [-0.2, 0) is 5.41 Å². The van der Waals surface area contributed by atoms with Crippen LogP contribution in [0.5, 0.6) is 11.5 Å². The third-order valence-corrected chi connectivity index (χ3v) is 9.81. The van der Waals surface area contributed by atoms with Crippen molar-refractivity contribution < 1.29 is 4.74 Å². The Hall–Kier alpha value is -4.88. The third-order valence-electron chi connectivity index (χ3n) is 9.81. The first-order valence-electron chi connectivity index (χ1n) is 15.0. The van der Waals surface area contributed by atoms with Gasteiger partial charge in [-0.15, -0.1) is 0 Å². The van der Waals surface area contributed by atoms with Gasteiger partial charge in [0.15, 0.2) is 0 Å². The van der Waals surface area contributed by atoms with E-state index in [0.717, 1.165) is 29.9 Å². The summed E-state index contributed by atoms with van der Waals surface area (Å²) in [5, 5.41) is 4.94. The van der Waals surface area contributed by atoms with Crippen LogP contribution in [0.4, 0.5) is 0 Å². The smallest absolute Gasteiger partial charge is 0.135 e. The molecule has 0 saturated carbocycles. The highest BCUT2D eigenvalue weighted by molar-refractivity contribution is 6.10. The van der Waals surface area contributed by atoms with Crippen LogP contribution >= 0.6 is 0 Å². The maximum absolute atomic E-state index is 6.67. The van der Waals surface area contributed by atoms with Gasteiger partial charge in [0.25, 0.3) is 0 Å². The molecule has 1 heteroatoms. The van der Waals surface area contributed by atoms with E-state index >= 15 is 0 Å². The van der Waals surface area contributed by atoms with Crippen molar-refractivity contribution in [1.29, 1.82) is 0 Å². The highest BCUT2D eigenvalue weighted by Gasteiger charge is 2.37. The number of rotatable bonds is 2. The summed E-state index contributed by atoms with van der Waals surface area (Å²) in [5.74, 6) is 1.84. The molecule has 6 aromatic carbocycles. The number of fused-ring (bicyclic) bond motifs is 5. The first-order valence-corrected chi connectivity index (χ1v) is 15.0. The Labute approximate surface area is 246 Å². The number of hydrogen-bond acceptors (Lipinski definition) is 1. The first-order chi connectivity index (χ1) is 20.6. The van der Waals surface area contributed by atoms with Crippen molar-refractivity contribution in [3.63, 3.8) is 0 Å². The molecule has 0 fully saturated rings. The molecule has 0 amide bonds. The molecule has 0 spiro atoms. The molecule has 200 valence electrons. The zero-order valence-corrected chi connectivity index (χ0v) is 23.9. The van der Waals surface area contributed by atoms with Gasteiger partial charge >= 0.3 is 0 Å². The summed E-state index contributed by atoms with van der Waals surface area (Å²) < 4.78 is 6.67. The molecule has 0 bridgehead atoms. The van der Waals surface area contributed by atoms with Gasteiger partial charge < -0.3 is 4.74 Å². The van der Waals surface area contributed by atoms with Crippen molar-refractivity contribution in [3.05, 3.63) is 138 Å². The Morgan fingerprint density at radius 3 is 2.24 bits per heavy atom. The zero-order valence-electron chi connectivity index (χ0n) is 23.9. The normalized spacial score (nSPS) is 15.9. The number of ether oxygens (including phenoxy) is 1. The number of hydrogen-bond donors (Lipinski definition) is 0. The molecule has 0 atom stereocenters. The second-order valence-corrected chi connectivity index (χ2v) is 12.4. The fourth-order valence-electron chi connectivity index (χ4n) is 7.72. The molecule has 1 nitrogen and oxygen atoms in total. The fraction of sp³-hybridized carbons (Fsp3) is 0.122. The Balaban J connectivity index is 1.18. The van der Waals surface area contributed by atoms with E-state index in [0.29, 0.717) is 0 Å². The average molecular weight is 539 g/mol. The van der Waals surface area contributed by atoms with E-state index in [1.54, 1.807) is 5.57 Å². The predicted octanol–water partition coefficient (Wildman–Crippen LogP) is 11.5. The predicted molar refractivity (Wildman–Crippen MR) is 176 cm³/mol. The van der Waals surface area contributed by atoms with E-state index in [9.17, 15) is 0 Å². The summed E-state index contributed by atoms with van der Waals surface area (Å²) in [6, 6.07) is 40.0. The minimum absolute atomic E-state index is 0.0572. The summed E-state index contributed by atoms with van der Waals surface area (Å²) >= 11 is 0. The van der Waals surface area contributed by atoms with Gasteiger partial charge in [0.1, 0.15) is 11.5 Å². The average Bonchev–Trinajstić information content (AvgIpc) is 3.26. The molecular weight excluding hydrogens is 508 g/mol. The van der Waals surface area contributed by atoms with Crippen LogP contribution in [0.2, 0.25) is 0 Å². The van der Waals surface area contributed by atoms with Gasteiger partial charge in [0.2, 0.25) is 0 Å². The Kier molecular flexibility index (Phi) is 4.85. The summed E-state index contributed by atoms with van der Waals surface area (Å²) in [6.45, 7) is 4.79. The molecule has 1 heterocycles. The van der Waals surface area contributed by atoms with Gasteiger partial charge in [-0.2, -0.15) is 0 Å². The Bertz CT molecular complexity index is 2180. The molecule has 1 aliphatic heterocycles. The quantitative estimate of drug-likeness (QED) is 0.213. The minimum Gasteiger partial charge on any atom is -0.456 e. The molecule has 6 aromatic rings. The van der Waals surface area contributed by atoms with Crippen molar-refractivity contribution in [2.75, 3.05) is 0 Å². The summed E-state index contributed by atoms with van der Waals surface area (Å²) in [5.41, 5.74) is 13.2. The lowest BCUT2D eigenvalue weighted by Gasteiger charge is -2.26. The summed E-state index contributed by atoms with van der Waals surface area (Å²) in [6.07, 6.45) is 6.97. The molecule has 0 unspecified atom stereocenters. The molecule has 42 heavy (non-hydrogen) atoms. The maximum atomic E-state index is 6.67. The van der Waals surface area contributed by atoms with Crippen LogP contribution in [0.25, 0.3) is 60.5 Å². The highest BCUT2D eigenvalue weighted by Crippen LogP contribution is 2.53. The van der Waals surface area contributed by atoms with E-state index in [2.05, 4.69) is 135 Å². The van der Waals surface area contributed by atoms with Gasteiger partial charge in [0.05, 0.1) is 0 Å². The standard InChI is InChI=1S/C41H30O/c1-41(2)36-15-6-5-12-31(36)32-19-17-26(23-37(32)41)30-21-22-35-33-20-18-27(29-13-7-10-25-9-3-4-11-28(25)29)24-39(33)42-38-16-8-14-34(30)40(35)38/h3-5,7-14,16-24H,6,15H2,1-2H3. The van der Waals surface area contributed by atoms with E-state index < -0.39 is 0 Å². The first kappa shape index (κ1) is 23.8. The molecule has 0 saturated heterocycles. The third kappa shape index (κ3) is 3.25. The lowest BCUT2D eigenvalue weighted by molar-refractivity contribution is 0.487. The van der Waals surface area contributed by atoms with Crippen molar-refractivity contribution in [1.82, 2.24) is 0 Å².